The third-order valence-electron chi connectivity index (χ3n) is 7.20. The van der Waals surface area contributed by atoms with Crippen LogP contribution in [0.1, 0.15) is 85.1 Å². The third kappa shape index (κ3) is 3.56. The Balaban J connectivity index is 1.57. The Morgan fingerprint density at radius 2 is 1.84 bits per heavy atom. The lowest BCUT2D eigenvalue weighted by atomic mass is 9.90. The predicted molar refractivity (Wildman–Crippen MR) is 120 cm³/mol. The molecule has 1 aromatic carbocycles. The molecule has 164 valence electrons. The molecule has 1 aromatic heterocycles. The Labute approximate surface area is 184 Å². The molecule has 5 rings (SSSR count). The van der Waals surface area contributed by atoms with Crippen LogP contribution in [0.2, 0.25) is 0 Å². The van der Waals surface area contributed by atoms with Gasteiger partial charge in [-0.25, -0.2) is 0 Å². The predicted octanol–water partition coefficient (Wildman–Crippen LogP) is 4.25. The van der Waals surface area contributed by atoms with Gasteiger partial charge in [0.05, 0.1) is 12.2 Å². The average molecular weight is 421 g/mol. The fourth-order valence-corrected chi connectivity index (χ4v) is 5.11. The highest BCUT2D eigenvalue weighted by molar-refractivity contribution is 6.12. The van der Waals surface area contributed by atoms with Crippen molar-refractivity contribution in [3.63, 3.8) is 0 Å². The van der Waals surface area contributed by atoms with Crippen LogP contribution in [0.25, 0.3) is 0 Å². The van der Waals surface area contributed by atoms with Crippen LogP contribution in [-0.4, -0.2) is 33.2 Å². The number of carbonyl (C=O) groups excluding carboxylic acids is 2. The molecular weight excluding hydrogens is 388 g/mol. The maximum absolute atomic E-state index is 13.8. The summed E-state index contributed by atoms with van der Waals surface area (Å²) in [6.07, 6.45) is 7.81. The second kappa shape index (κ2) is 7.50. The number of anilines is 1. The van der Waals surface area contributed by atoms with Crippen molar-refractivity contribution in [2.45, 2.75) is 89.8 Å². The number of hydrogen-bond acceptors (Lipinski definition) is 3. The molecule has 2 heterocycles. The molecule has 2 amide bonds. The third-order valence-corrected chi connectivity index (χ3v) is 7.20. The van der Waals surface area contributed by atoms with Gasteiger partial charge in [-0.15, -0.1) is 0 Å². The summed E-state index contributed by atoms with van der Waals surface area (Å²) in [6.45, 7) is 6.29. The Bertz CT molecular complexity index is 1030. The van der Waals surface area contributed by atoms with Gasteiger partial charge in [0.2, 0.25) is 5.91 Å². The smallest absolute Gasteiger partial charge is 0.277 e. The minimum Gasteiger partial charge on any atom is -0.351 e. The van der Waals surface area contributed by atoms with E-state index in [-0.39, 0.29) is 17.9 Å². The molecule has 31 heavy (non-hydrogen) atoms. The molecule has 1 N–H and O–H groups in total. The zero-order valence-electron chi connectivity index (χ0n) is 18.8. The fourth-order valence-electron chi connectivity index (χ4n) is 5.11. The molecule has 1 atom stereocenters. The number of aryl methyl sites for hydroxylation is 2. The largest absolute Gasteiger partial charge is 0.351 e. The molecular formula is C25H32N4O2. The molecule has 6 heteroatoms. The summed E-state index contributed by atoms with van der Waals surface area (Å²) in [5.41, 5.74) is 3.42. The lowest BCUT2D eigenvalue weighted by Gasteiger charge is -2.44. The molecule has 1 aliphatic heterocycles. The van der Waals surface area contributed by atoms with E-state index in [1.807, 2.05) is 45.0 Å². The van der Waals surface area contributed by atoms with Crippen LogP contribution in [0.3, 0.4) is 0 Å². The number of rotatable bonds is 4. The number of nitrogens with one attached hydrogen (secondary N) is 1. The number of aromatic nitrogens is 2. The normalized spacial score (nSPS) is 24.2. The van der Waals surface area contributed by atoms with Crippen molar-refractivity contribution in [3.05, 3.63) is 46.8 Å². The molecule has 0 bridgehead atoms. The number of nitrogens with zero attached hydrogens (tertiary/aromatic N) is 3. The first-order valence-electron chi connectivity index (χ1n) is 11.7. The van der Waals surface area contributed by atoms with Gasteiger partial charge in [-0.2, -0.15) is 5.10 Å². The lowest BCUT2D eigenvalue weighted by Crippen LogP contribution is -2.65. The van der Waals surface area contributed by atoms with Crippen molar-refractivity contribution in [2.24, 2.45) is 0 Å². The summed E-state index contributed by atoms with van der Waals surface area (Å²) < 4.78 is 1.78. The summed E-state index contributed by atoms with van der Waals surface area (Å²) in [6, 6.07) is 8.22. The van der Waals surface area contributed by atoms with E-state index in [9.17, 15) is 9.59 Å². The Kier molecular flexibility index (Phi) is 4.91. The van der Waals surface area contributed by atoms with E-state index in [1.165, 1.54) is 6.42 Å². The van der Waals surface area contributed by atoms with Crippen molar-refractivity contribution < 1.29 is 9.59 Å². The molecule has 6 nitrogen and oxygen atoms in total. The second-order valence-electron chi connectivity index (χ2n) is 9.90. The molecule has 0 spiro atoms. The van der Waals surface area contributed by atoms with E-state index in [2.05, 4.69) is 5.32 Å². The molecule has 2 fully saturated rings. The van der Waals surface area contributed by atoms with Gasteiger partial charge in [-0.05, 0) is 69.7 Å². The monoisotopic (exact) mass is 420 g/mol. The Morgan fingerprint density at radius 3 is 2.55 bits per heavy atom. The van der Waals surface area contributed by atoms with E-state index >= 15 is 0 Å². The van der Waals surface area contributed by atoms with Gasteiger partial charge >= 0.3 is 0 Å². The van der Waals surface area contributed by atoms with Crippen LogP contribution in [0.4, 0.5) is 5.69 Å². The van der Waals surface area contributed by atoms with Gasteiger partial charge in [0.25, 0.3) is 5.91 Å². The molecule has 2 aromatic rings. The van der Waals surface area contributed by atoms with Crippen molar-refractivity contribution in [1.82, 2.24) is 15.1 Å². The van der Waals surface area contributed by atoms with Crippen LogP contribution in [0.15, 0.2) is 24.3 Å². The second-order valence-corrected chi connectivity index (χ2v) is 9.90. The van der Waals surface area contributed by atoms with Crippen LogP contribution in [0.5, 0.6) is 0 Å². The zero-order valence-corrected chi connectivity index (χ0v) is 18.8. The molecule has 0 saturated heterocycles. The summed E-state index contributed by atoms with van der Waals surface area (Å²) in [5.74, 6) is 0.241. The SMILES string of the molecule is Cc1ccc(C)c(N2C(=O)c3cc(C4CC4)nn3CC2(C)C(=O)NC2CCCCC2)c1. The van der Waals surface area contributed by atoms with Gasteiger partial charge in [0.1, 0.15) is 11.2 Å². The molecule has 0 radical (unpaired) electrons. The van der Waals surface area contributed by atoms with Crippen LogP contribution in [0, 0.1) is 13.8 Å². The number of hydrogen-bond donors (Lipinski definition) is 1. The number of fused-ring (bicyclic) bond motifs is 1. The highest BCUT2D eigenvalue weighted by Crippen LogP contribution is 2.41. The summed E-state index contributed by atoms with van der Waals surface area (Å²) in [7, 11) is 0. The minimum absolute atomic E-state index is 0.0808. The summed E-state index contributed by atoms with van der Waals surface area (Å²) in [5, 5.41) is 8.03. The van der Waals surface area contributed by atoms with Gasteiger partial charge < -0.3 is 5.32 Å². The van der Waals surface area contributed by atoms with Crippen molar-refractivity contribution in [1.29, 1.82) is 0 Å². The van der Waals surface area contributed by atoms with Gasteiger partial charge in [0, 0.05) is 17.6 Å². The maximum Gasteiger partial charge on any atom is 0.277 e. The van der Waals surface area contributed by atoms with Gasteiger partial charge in [-0.3, -0.25) is 19.2 Å². The van der Waals surface area contributed by atoms with E-state index in [1.54, 1.807) is 9.58 Å². The van der Waals surface area contributed by atoms with Crippen LogP contribution in [-0.2, 0) is 11.3 Å². The van der Waals surface area contributed by atoms with E-state index < -0.39 is 5.54 Å². The van der Waals surface area contributed by atoms with Crippen LogP contribution < -0.4 is 10.2 Å². The molecule has 2 saturated carbocycles. The van der Waals surface area contributed by atoms with E-state index in [4.69, 9.17) is 5.10 Å². The summed E-state index contributed by atoms with van der Waals surface area (Å²) in [4.78, 5) is 29.3. The minimum atomic E-state index is -1.03. The number of carbonyl (C=O) groups is 2. The van der Waals surface area contributed by atoms with Crippen molar-refractivity contribution in [2.75, 3.05) is 4.90 Å². The highest BCUT2D eigenvalue weighted by atomic mass is 16.2. The number of amides is 2. The topological polar surface area (TPSA) is 67.2 Å². The maximum atomic E-state index is 13.8. The standard InChI is InChI=1S/C25H32N4O2/c1-16-9-10-17(2)21(13-16)29-23(30)22-14-20(18-11-12-18)27-28(22)15-25(29,3)24(31)26-19-7-5-4-6-8-19/h9-10,13-14,18-19H,4-8,11-12,15H2,1-3H3,(H,26,31). The Morgan fingerprint density at radius 1 is 1.10 bits per heavy atom. The molecule has 1 unspecified atom stereocenters. The highest BCUT2D eigenvalue weighted by Gasteiger charge is 2.50. The van der Waals surface area contributed by atoms with E-state index in [0.29, 0.717) is 18.2 Å². The zero-order chi connectivity index (χ0) is 21.8. The first-order chi connectivity index (χ1) is 14.9. The summed E-state index contributed by atoms with van der Waals surface area (Å²) >= 11 is 0. The quantitative estimate of drug-likeness (QED) is 0.804. The average Bonchev–Trinajstić information content (AvgIpc) is 3.51. The molecule has 3 aliphatic rings. The lowest BCUT2D eigenvalue weighted by molar-refractivity contribution is -0.127. The first kappa shape index (κ1) is 20.3. The fraction of sp³-hybridized carbons (Fsp3) is 0.560. The van der Waals surface area contributed by atoms with Gasteiger partial charge in [-0.1, -0.05) is 31.4 Å². The number of benzene rings is 1. The van der Waals surface area contributed by atoms with Gasteiger partial charge in [0.15, 0.2) is 0 Å². The van der Waals surface area contributed by atoms with Crippen molar-refractivity contribution in [3.8, 4) is 0 Å². The van der Waals surface area contributed by atoms with Crippen LogP contribution >= 0.6 is 0 Å². The molecule has 2 aliphatic carbocycles. The first-order valence-corrected chi connectivity index (χ1v) is 11.7. The Hall–Kier alpha value is -2.63. The van der Waals surface area contributed by atoms with E-state index in [0.717, 1.165) is 61.0 Å². The van der Waals surface area contributed by atoms with Crippen molar-refractivity contribution >= 4 is 17.5 Å².